The molecule has 1 amide bonds. The average Bonchev–Trinajstić information content (AvgIpc) is 3.07. The van der Waals surface area contributed by atoms with Crippen LogP contribution in [-0.2, 0) is 11.8 Å². The quantitative estimate of drug-likeness (QED) is 0.562. The number of aromatic nitrogens is 2. The Balaban J connectivity index is 1.96. The molecule has 0 spiro atoms. The molecule has 9 heteroatoms. The lowest BCUT2D eigenvalue weighted by molar-refractivity contribution is 0.111. The van der Waals surface area contributed by atoms with Crippen LogP contribution in [0.15, 0.2) is 17.4 Å². The number of hydrogen-bond donors (Lipinski definition) is 2. The number of nitrogens with one attached hydrogen (secondary N) is 2. The molecule has 0 aromatic carbocycles. The average molecular weight is 380 g/mol. The van der Waals surface area contributed by atoms with Gasteiger partial charge in [-0.2, -0.15) is 5.10 Å². The molecular weight excluding hydrogens is 346 g/mol. The predicted molar refractivity (Wildman–Crippen MR) is 106 cm³/mol. The van der Waals surface area contributed by atoms with E-state index in [0.29, 0.717) is 25.7 Å². The molecule has 1 fully saturated rings. The maximum atomic E-state index is 11.6. The number of carbonyl (C=O) groups excluding carboxylic acids is 1. The van der Waals surface area contributed by atoms with E-state index >= 15 is 0 Å². The first kappa shape index (κ1) is 21.0. The molecule has 1 saturated heterocycles. The van der Waals surface area contributed by atoms with Crippen LogP contribution in [0, 0.1) is 0 Å². The fourth-order valence-corrected chi connectivity index (χ4v) is 3.21. The Hall–Kier alpha value is -2.29. The molecule has 9 nitrogen and oxygen atoms in total. The molecule has 2 heterocycles. The van der Waals surface area contributed by atoms with Gasteiger partial charge < -0.3 is 25.2 Å². The summed E-state index contributed by atoms with van der Waals surface area (Å²) in [5.41, 5.74) is 1.15. The fraction of sp³-hybridized carbons (Fsp3) is 0.722. The van der Waals surface area contributed by atoms with Gasteiger partial charge in [0.15, 0.2) is 5.96 Å². The van der Waals surface area contributed by atoms with Crippen molar-refractivity contribution in [1.82, 2.24) is 30.2 Å². The Labute approximate surface area is 161 Å². The van der Waals surface area contributed by atoms with Crippen LogP contribution in [0.25, 0.3) is 0 Å². The van der Waals surface area contributed by atoms with E-state index in [2.05, 4.69) is 41.7 Å². The molecule has 0 bridgehead atoms. The summed E-state index contributed by atoms with van der Waals surface area (Å²) in [7, 11) is 7.45. The second kappa shape index (κ2) is 10.1. The molecule has 2 N–H and O–H groups in total. The molecule has 152 valence electrons. The topological polar surface area (TPSA) is 87.0 Å². The van der Waals surface area contributed by atoms with Crippen LogP contribution in [0.5, 0.6) is 0 Å². The number of methoxy groups -OCH3 is 1. The van der Waals surface area contributed by atoms with Crippen molar-refractivity contribution in [2.75, 3.05) is 47.4 Å². The first-order valence-electron chi connectivity index (χ1n) is 9.47. The molecule has 1 atom stereocenters. The Bertz CT molecular complexity index is 621. The highest BCUT2D eigenvalue weighted by atomic mass is 16.5. The zero-order valence-electron chi connectivity index (χ0n) is 17.1. The van der Waals surface area contributed by atoms with Gasteiger partial charge >= 0.3 is 6.09 Å². The van der Waals surface area contributed by atoms with E-state index < -0.39 is 0 Å². The van der Waals surface area contributed by atoms with Crippen molar-refractivity contribution in [3.05, 3.63) is 18.0 Å². The van der Waals surface area contributed by atoms with Crippen LogP contribution in [0.1, 0.15) is 31.4 Å². The fourth-order valence-electron chi connectivity index (χ4n) is 3.21. The number of likely N-dealkylation sites (tertiary alicyclic amines) is 1. The van der Waals surface area contributed by atoms with Gasteiger partial charge in [-0.3, -0.25) is 9.67 Å². The second-order valence-corrected chi connectivity index (χ2v) is 7.02. The van der Waals surface area contributed by atoms with Crippen molar-refractivity contribution in [2.45, 2.75) is 31.8 Å². The molecule has 27 heavy (non-hydrogen) atoms. The lowest BCUT2D eigenvalue weighted by Crippen LogP contribution is -2.50. The zero-order chi connectivity index (χ0) is 19.8. The van der Waals surface area contributed by atoms with Crippen molar-refractivity contribution in [3.8, 4) is 0 Å². The van der Waals surface area contributed by atoms with Gasteiger partial charge in [0.2, 0.25) is 0 Å². The first-order valence-corrected chi connectivity index (χ1v) is 9.47. The van der Waals surface area contributed by atoms with Gasteiger partial charge in [0, 0.05) is 44.5 Å². The van der Waals surface area contributed by atoms with Gasteiger partial charge in [0.1, 0.15) is 0 Å². The predicted octanol–water partition coefficient (Wildman–Crippen LogP) is 0.809. The van der Waals surface area contributed by atoms with Gasteiger partial charge in [-0.05, 0) is 33.9 Å². The van der Waals surface area contributed by atoms with E-state index in [-0.39, 0.29) is 12.1 Å². The molecule has 0 saturated carbocycles. The Kier molecular flexibility index (Phi) is 7.90. The largest absolute Gasteiger partial charge is 0.453 e. The number of likely N-dealkylation sites (N-methyl/N-ethyl adjacent to an activating group) is 1. The van der Waals surface area contributed by atoms with Gasteiger partial charge in [-0.15, -0.1) is 0 Å². The highest BCUT2D eigenvalue weighted by molar-refractivity contribution is 5.80. The number of hydrogen-bond acceptors (Lipinski definition) is 5. The monoisotopic (exact) mass is 379 g/mol. The third kappa shape index (κ3) is 6.13. The Morgan fingerprint density at radius 1 is 1.44 bits per heavy atom. The summed E-state index contributed by atoms with van der Waals surface area (Å²) in [4.78, 5) is 20.3. The third-order valence-corrected chi connectivity index (χ3v) is 4.77. The zero-order valence-corrected chi connectivity index (χ0v) is 17.1. The third-order valence-electron chi connectivity index (χ3n) is 4.77. The lowest BCUT2D eigenvalue weighted by atomic mass is 10.1. The number of aryl methyl sites for hydroxylation is 1. The first-order chi connectivity index (χ1) is 12.9. The van der Waals surface area contributed by atoms with E-state index in [1.807, 2.05) is 24.1 Å². The number of aliphatic imine (C=N–C) groups is 1. The maximum Gasteiger partial charge on any atom is 0.409 e. The number of ether oxygens (including phenoxy) is 1. The molecule has 0 aliphatic carbocycles. The van der Waals surface area contributed by atoms with Gasteiger partial charge in [-0.25, -0.2) is 4.79 Å². The van der Waals surface area contributed by atoms with Crippen LogP contribution in [0.2, 0.25) is 0 Å². The van der Waals surface area contributed by atoms with E-state index in [4.69, 9.17) is 9.73 Å². The minimum absolute atomic E-state index is 0.162. The molecule has 2 rings (SSSR count). The van der Waals surface area contributed by atoms with Crippen molar-refractivity contribution in [3.63, 3.8) is 0 Å². The molecular formula is C18H33N7O2. The number of carbonyl (C=O) groups is 1. The summed E-state index contributed by atoms with van der Waals surface area (Å²) in [6, 6.07) is 0.454. The van der Waals surface area contributed by atoms with Crippen molar-refractivity contribution in [1.29, 1.82) is 0 Å². The highest BCUT2D eigenvalue weighted by Gasteiger charge is 2.24. The number of amides is 1. The van der Waals surface area contributed by atoms with Gasteiger partial charge in [0.25, 0.3) is 0 Å². The van der Waals surface area contributed by atoms with Crippen LogP contribution >= 0.6 is 0 Å². The van der Waals surface area contributed by atoms with E-state index in [1.54, 1.807) is 4.90 Å². The van der Waals surface area contributed by atoms with E-state index in [9.17, 15) is 4.79 Å². The number of piperidine rings is 1. The number of nitrogens with zero attached hydrogens (tertiary/aromatic N) is 5. The lowest BCUT2D eigenvalue weighted by Gasteiger charge is -2.32. The van der Waals surface area contributed by atoms with Crippen molar-refractivity contribution >= 4 is 12.1 Å². The summed E-state index contributed by atoms with van der Waals surface area (Å²) >= 11 is 0. The van der Waals surface area contributed by atoms with Crippen LogP contribution in [0.3, 0.4) is 0 Å². The minimum Gasteiger partial charge on any atom is -0.453 e. The standard InChI is InChI=1S/C18H33N7O2/c1-6-19-17(22-15-7-9-25(10-8-15)18(26)27-5)20-12-16(23(2)3)14-11-21-24(4)13-14/h11,13,15-16H,6-10,12H2,1-5H3,(H2,19,20,22). The summed E-state index contributed by atoms with van der Waals surface area (Å²) in [5.74, 6) is 0.810. The second-order valence-electron chi connectivity index (χ2n) is 7.02. The SMILES string of the molecule is CCNC(=NCC(c1cnn(C)c1)N(C)C)NC1CCN(C(=O)OC)CC1. The molecule has 1 aromatic rings. The smallest absolute Gasteiger partial charge is 0.409 e. The molecule has 1 aliphatic heterocycles. The number of guanidine groups is 1. The van der Waals surface area contributed by atoms with Crippen LogP contribution in [0.4, 0.5) is 4.79 Å². The summed E-state index contributed by atoms with van der Waals surface area (Å²) in [6.45, 7) is 4.88. The Morgan fingerprint density at radius 2 is 2.15 bits per heavy atom. The summed E-state index contributed by atoms with van der Waals surface area (Å²) < 4.78 is 6.61. The Morgan fingerprint density at radius 3 is 2.67 bits per heavy atom. The summed E-state index contributed by atoms with van der Waals surface area (Å²) in [5, 5.41) is 11.1. The highest BCUT2D eigenvalue weighted by Crippen LogP contribution is 2.17. The molecule has 1 aromatic heterocycles. The maximum absolute atomic E-state index is 11.6. The molecule has 1 aliphatic rings. The van der Waals surface area contributed by atoms with Gasteiger partial charge in [-0.1, -0.05) is 0 Å². The molecule has 1 unspecified atom stereocenters. The summed E-state index contributed by atoms with van der Waals surface area (Å²) in [6.07, 6.45) is 5.42. The van der Waals surface area contributed by atoms with E-state index in [1.165, 1.54) is 7.11 Å². The van der Waals surface area contributed by atoms with Crippen LogP contribution in [-0.4, -0.2) is 85.1 Å². The molecule has 0 radical (unpaired) electrons. The van der Waals surface area contributed by atoms with Crippen molar-refractivity contribution in [2.24, 2.45) is 12.0 Å². The van der Waals surface area contributed by atoms with Crippen LogP contribution < -0.4 is 10.6 Å². The number of rotatable bonds is 6. The van der Waals surface area contributed by atoms with Gasteiger partial charge in [0.05, 0.1) is 25.9 Å². The minimum atomic E-state index is -0.251. The van der Waals surface area contributed by atoms with Crippen molar-refractivity contribution < 1.29 is 9.53 Å². The normalized spacial score (nSPS) is 17.1. The van der Waals surface area contributed by atoms with E-state index in [0.717, 1.165) is 30.9 Å².